The number of nitrogens with two attached hydrogens (primary N) is 1. The molecule has 2 unspecified atom stereocenters. The van der Waals surface area contributed by atoms with E-state index in [1.165, 1.54) is 12.8 Å². The molecule has 21 heavy (non-hydrogen) atoms. The molecule has 2 saturated carbocycles. The van der Waals surface area contributed by atoms with Gasteiger partial charge < -0.3 is 15.6 Å². The number of imidazole rings is 1. The Bertz CT molecular complexity index is 508. The monoisotopic (exact) mass is 290 g/mol. The quantitative estimate of drug-likeness (QED) is 0.801. The van der Waals surface area contributed by atoms with Crippen molar-refractivity contribution >= 4 is 5.91 Å². The van der Waals surface area contributed by atoms with Gasteiger partial charge in [-0.15, -0.1) is 0 Å². The van der Waals surface area contributed by atoms with E-state index in [2.05, 4.69) is 21.8 Å². The molecule has 3 N–H and O–H groups in total. The summed E-state index contributed by atoms with van der Waals surface area (Å²) in [5.41, 5.74) is 5.32. The molecule has 2 aliphatic carbocycles. The highest BCUT2D eigenvalue weighted by molar-refractivity contribution is 5.85. The van der Waals surface area contributed by atoms with Gasteiger partial charge in [-0.2, -0.15) is 0 Å². The highest BCUT2D eigenvalue weighted by Gasteiger charge is 2.49. The topological polar surface area (TPSA) is 72.9 Å². The zero-order chi connectivity index (χ0) is 14.9. The molecule has 0 spiro atoms. The zero-order valence-corrected chi connectivity index (χ0v) is 12.8. The molecule has 0 radical (unpaired) electrons. The van der Waals surface area contributed by atoms with Crippen LogP contribution in [0, 0.1) is 5.92 Å². The Kier molecular flexibility index (Phi) is 4.02. The number of hydrogen-bond donors (Lipinski definition) is 2. The van der Waals surface area contributed by atoms with Crippen LogP contribution in [0.1, 0.15) is 51.3 Å². The third kappa shape index (κ3) is 2.84. The third-order valence-electron chi connectivity index (χ3n) is 5.14. The molecular formula is C16H26N4O. The number of hydrogen-bond acceptors (Lipinski definition) is 3. The summed E-state index contributed by atoms with van der Waals surface area (Å²) < 4.78 is 2.21. The van der Waals surface area contributed by atoms with Gasteiger partial charge in [-0.05, 0) is 38.0 Å². The molecule has 3 rings (SSSR count). The van der Waals surface area contributed by atoms with E-state index in [4.69, 9.17) is 5.73 Å². The molecule has 2 aliphatic rings. The molecule has 116 valence electrons. The van der Waals surface area contributed by atoms with Crippen molar-refractivity contribution in [3.8, 4) is 0 Å². The fraction of sp³-hybridized carbons (Fsp3) is 0.750. The van der Waals surface area contributed by atoms with Crippen LogP contribution in [0.4, 0.5) is 0 Å². The normalized spacial score (nSPS) is 28.9. The molecule has 5 nitrogen and oxygen atoms in total. The Morgan fingerprint density at radius 2 is 2.33 bits per heavy atom. The standard InChI is InChI=1S/C16H26N4O/c1-2-14-18-9-11-20(14)10-7-12-4-3-8-16(12,15(17)21)19-13-5-6-13/h9,11-13,19H,2-8,10H2,1H3,(H2,17,21). The highest BCUT2D eigenvalue weighted by atomic mass is 16.1. The van der Waals surface area contributed by atoms with Crippen LogP contribution in [-0.2, 0) is 17.8 Å². The minimum atomic E-state index is -0.464. The number of carbonyl (C=O) groups excluding carboxylic acids is 1. The number of carbonyl (C=O) groups is 1. The number of rotatable bonds is 7. The van der Waals surface area contributed by atoms with E-state index in [0.717, 1.165) is 44.5 Å². The lowest BCUT2D eigenvalue weighted by Gasteiger charge is -2.34. The van der Waals surface area contributed by atoms with Crippen LogP contribution < -0.4 is 11.1 Å². The smallest absolute Gasteiger partial charge is 0.238 e. The van der Waals surface area contributed by atoms with Gasteiger partial charge in [0.15, 0.2) is 0 Å². The van der Waals surface area contributed by atoms with Gasteiger partial charge in [-0.25, -0.2) is 4.98 Å². The molecule has 1 amide bonds. The number of primary amides is 1. The number of aryl methyl sites for hydroxylation is 2. The van der Waals surface area contributed by atoms with E-state index < -0.39 is 5.54 Å². The maximum absolute atomic E-state index is 12.1. The van der Waals surface area contributed by atoms with Crippen molar-refractivity contribution in [2.75, 3.05) is 0 Å². The number of amides is 1. The van der Waals surface area contributed by atoms with Gasteiger partial charge in [0, 0.05) is 31.4 Å². The van der Waals surface area contributed by atoms with Crippen LogP contribution in [0.25, 0.3) is 0 Å². The summed E-state index contributed by atoms with van der Waals surface area (Å²) in [5.74, 6) is 1.31. The largest absolute Gasteiger partial charge is 0.368 e. The van der Waals surface area contributed by atoms with Gasteiger partial charge >= 0.3 is 0 Å². The van der Waals surface area contributed by atoms with E-state index in [9.17, 15) is 4.79 Å². The summed E-state index contributed by atoms with van der Waals surface area (Å²) in [6.45, 7) is 3.05. The van der Waals surface area contributed by atoms with E-state index in [1.807, 2.05) is 12.4 Å². The second-order valence-electron chi connectivity index (χ2n) is 6.52. The summed E-state index contributed by atoms with van der Waals surface area (Å²) >= 11 is 0. The van der Waals surface area contributed by atoms with E-state index in [1.54, 1.807) is 0 Å². The molecule has 5 heteroatoms. The first-order valence-electron chi connectivity index (χ1n) is 8.23. The summed E-state index contributed by atoms with van der Waals surface area (Å²) in [6, 6.07) is 0.512. The number of nitrogens with one attached hydrogen (secondary N) is 1. The van der Waals surface area contributed by atoms with Crippen LogP contribution in [0.5, 0.6) is 0 Å². The Balaban J connectivity index is 1.69. The van der Waals surface area contributed by atoms with E-state index in [-0.39, 0.29) is 5.91 Å². The van der Waals surface area contributed by atoms with Crippen LogP contribution in [0.2, 0.25) is 0 Å². The van der Waals surface area contributed by atoms with Crippen LogP contribution >= 0.6 is 0 Å². The predicted molar refractivity (Wildman–Crippen MR) is 81.6 cm³/mol. The Hall–Kier alpha value is -1.36. The van der Waals surface area contributed by atoms with Gasteiger partial charge in [-0.3, -0.25) is 4.79 Å². The minimum Gasteiger partial charge on any atom is -0.368 e. The second-order valence-corrected chi connectivity index (χ2v) is 6.52. The van der Waals surface area contributed by atoms with Crippen molar-refractivity contribution in [1.82, 2.24) is 14.9 Å². The van der Waals surface area contributed by atoms with Gasteiger partial charge in [0.2, 0.25) is 5.91 Å². The molecule has 0 aromatic carbocycles. The molecule has 1 heterocycles. The molecular weight excluding hydrogens is 264 g/mol. The van der Waals surface area contributed by atoms with Crippen molar-refractivity contribution in [3.63, 3.8) is 0 Å². The molecule has 0 aliphatic heterocycles. The molecule has 0 saturated heterocycles. The fourth-order valence-electron chi connectivity index (χ4n) is 3.80. The first kappa shape index (κ1) is 14.6. The average Bonchev–Trinajstić information content (AvgIpc) is 3.01. The lowest BCUT2D eigenvalue weighted by molar-refractivity contribution is -0.126. The van der Waals surface area contributed by atoms with Crippen molar-refractivity contribution < 1.29 is 4.79 Å². The zero-order valence-electron chi connectivity index (χ0n) is 12.8. The number of aromatic nitrogens is 2. The van der Waals surface area contributed by atoms with Crippen LogP contribution in [-0.4, -0.2) is 27.0 Å². The molecule has 0 bridgehead atoms. The average molecular weight is 290 g/mol. The van der Waals surface area contributed by atoms with Crippen LogP contribution in [0.3, 0.4) is 0 Å². The summed E-state index contributed by atoms with van der Waals surface area (Å²) in [5, 5.41) is 3.58. The molecule has 1 aromatic rings. The maximum Gasteiger partial charge on any atom is 0.238 e. The SMILES string of the molecule is CCc1nccn1CCC1CCCC1(NC1CC1)C(N)=O. The Labute approximate surface area is 126 Å². The Morgan fingerprint density at radius 1 is 1.52 bits per heavy atom. The van der Waals surface area contributed by atoms with Gasteiger partial charge in [0.1, 0.15) is 11.4 Å². The minimum absolute atomic E-state index is 0.154. The Morgan fingerprint density at radius 3 is 3.00 bits per heavy atom. The van der Waals surface area contributed by atoms with Crippen LogP contribution in [0.15, 0.2) is 12.4 Å². The predicted octanol–water partition coefficient (Wildman–Crippen LogP) is 1.61. The molecule has 1 aromatic heterocycles. The van der Waals surface area contributed by atoms with Crippen molar-refractivity contribution in [2.45, 2.75) is 70.0 Å². The van der Waals surface area contributed by atoms with Crippen molar-refractivity contribution in [3.05, 3.63) is 18.2 Å². The fourth-order valence-corrected chi connectivity index (χ4v) is 3.80. The van der Waals surface area contributed by atoms with Gasteiger partial charge in [0.05, 0.1) is 0 Å². The van der Waals surface area contributed by atoms with Gasteiger partial charge in [-0.1, -0.05) is 13.3 Å². The van der Waals surface area contributed by atoms with Gasteiger partial charge in [0.25, 0.3) is 0 Å². The first-order valence-corrected chi connectivity index (χ1v) is 8.23. The van der Waals surface area contributed by atoms with Crippen molar-refractivity contribution in [1.29, 1.82) is 0 Å². The third-order valence-corrected chi connectivity index (χ3v) is 5.14. The summed E-state index contributed by atoms with van der Waals surface area (Å²) in [4.78, 5) is 16.5. The molecule has 2 fully saturated rings. The van der Waals surface area contributed by atoms with E-state index in [0.29, 0.717) is 12.0 Å². The lowest BCUT2D eigenvalue weighted by atomic mass is 9.83. The first-order chi connectivity index (χ1) is 10.2. The lowest BCUT2D eigenvalue weighted by Crippen LogP contribution is -2.58. The van der Waals surface area contributed by atoms with E-state index >= 15 is 0 Å². The number of nitrogens with zero attached hydrogens (tertiary/aromatic N) is 2. The highest BCUT2D eigenvalue weighted by Crippen LogP contribution is 2.40. The van der Waals surface area contributed by atoms with Crippen molar-refractivity contribution in [2.24, 2.45) is 11.7 Å². The summed E-state index contributed by atoms with van der Waals surface area (Å²) in [7, 11) is 0. The molecule has 2 atom stereocenters. The second kappa shape index (κ2) is 5.79. The maximum atomic E-state index is 12.1. The summed E-state index contributed by atoms with van der Waals surface area (Å²) in [6.07, 6.45) is 11.3.